The van der Waals surface area contributed by atoms with Gasteiger partial charge in [-0.3, -0.25) is 4.90 Å². The fraction of sp³-hybridized carbons (Fsp3) is 0.625. The molecule has 0 atom stereocenters. The molecule has 4 nitrogen and oxygen atoms in total. The topological polar surface area (TPSA) is 33.7 Å². The first-order valence-electron chi connectivity index (χ1n) is 7.55. The van der Waals surface area contributed by atoms with Crippen LogP contribution in [0.3, 0.4) is 0 Å². The summed E-state index contributed by atoms with van der Waals surface area (Å²) in [6.45, 7) is 9.92. The van der Waals surface area contributed by atoms with Crippen molar-refractivity contribution >= 4 is 0 Å². The lowest BCUT2D eigenvalue weighted by Gasteiger charge is -2.26. The molecular formula is C16H26N2O2. The van der Waals surface area contributed by atoms with Crippen molar-refractivity contribution in [1.82, 2.24) is 10.2 Å². The highest BCUT2D eigenvalue weighted by Crippen LogP contribution is 2.15. The Morgan fingerprint density at radius 3 is 2.80 bits per heavy atom. The van der Waals surface area contributed by atoms with Gasteiger partial charge in [-0.25, -0.2) is 0 Å². The van der Waals surface area contributed by atoms with Gasteiger partial charge in [-0.2, -0.15) is 0 Å². The van der Waals surface area contributed by atoms with E-state index in [0.29, 0.717) is 0 Å². The van der Waals surface area contributed by atoms with Crippen LogP contribution < -0.4 is 10.1 Å². The molecule has 0 aliphatic carbocycles. The quantitative estimate of drug-likeness (QED) is 0.734. The van der Waals surface area contributed by atoms with Crippen molar-refractivity contribution in [1.29, 1.82) is 0 Å². The average molecular weight is 278 g/mol. The SMILES string of the molecule is Cc1ccccc1OCCCNCCN1CCOCC1. The van der Waals surface area contributed by atoms with Crippen LogP contribution >= 0.6 is 0 Å². The summed E-state index contributed by atoms with van der Waals surface area (Å²) in [4.78, 5) is 2.44. The van der Waals surface area contributed by atoms with E-state index in [4.69, 9.17) is 9.47 Å². The molecule has 0 bridgehead atoms. The second kappa shape index (κ2) is 8.95. The molecule has 1 saturated heterocycles. The highest BCUT2D eigenvalue weighted by Gasteiger charge is 2.08. The van der Waals surface area contributed by atoms with Crippen LogP contribution in [0.1, 0.15) is 12.0 Å². The van der Waals surface area contributed by atoms with E-state index in [0.717, 1.165) is 64.7 Å². The summed E-state index contributed by atoms with van der Waals surface area (Å²) < 4.78 is 11.1. The van der Waals surface area contributed by atoms with Crippen molar-refractivity contribution in [3.8, 4) is 5.75 Å². The van der Waals surface area contributed by atoms with Crippen molar-refractivity contribution in [2.45, 2.75) is 13.3 Å². The highest BCUT2D eigenvalue weighted by molar-refractivity contribution is 5.31. The van der Waals surface area contributed by atoms with Gasteiger partial charge in [0.25, 0.3) is 0 Å². The van der Waals surface area contributed by atoms with Gasteiger partial charge in [0.1, 0.15) is 5.75 Å². The lowest BCUT2D eigenvalue weighted by molar-refractivity contribution is 0.0384. The van der Waals surface area contributed by atoms with Gasteiger partial charge in [0.15, 0.2) is 0 Å². The Bertz CT molecular complexity index is 378. The summed E-state index contributed by atoms with van der Waals surface area (Å²) in [7, 11) is 0. The summed E-state index contributed by atoms with van der Waals surface area (Å²) in [6, 6.07) is 8.16. The van der Waals surface area contributed by atoms with Crippen LogP contribution in [0.5, 0.6) is 5.75 Å². The first-order chi connectivity index (χ1) is 9.86. The van der Waals surface area contributed by atoms with Gasteiger partial charge in [0.05, 0.1) is 19.8 Å². The van der Waals surface area contributed by atoms with E-state index in [9.17, 15) is 0 Å². The molecule has 0 radical (unpaired) electrons. The Morgan fingerprint density at radius 1 is 1.20 bits per heavy atom. The fourth-order valence-electron chi connectivity index (χ4n) is 2.28. The molecule has 1 N–H and O–H groups in total. The van der Waals surface area contributed by atoms with Crippen molar-refractivity contribution in [2.24, 2.45) is 0 Å². The van der Waals surface area contributed by atoms with Crippen LogP contribution in [-0.2, 0) is 4.74 Å². The number of nitrogens with one attached hydrogen (secondary N) is 1. The molecular weight excluding hydrogens is 252 g/mol. The minimum absolute atomic E-state index is 0.773. The molecule has 1 aliphatic heterocycles. The summed E-state index contributed by atoms with van der Waals surface area (Å²) in [6.07, 6.45) is 1.04. The summed E-state index contributed by atoms with van der Waals surface area (Å²) in [5.41, 5.74) is 1.20. The Hall–Kier alpha value is -1.10. The lowest BCUT2D eigenvalue weighted by Crippen LogP contribution is -2.40. The monoisotopic (exact) mass is 278 g/mol. The van der Waals surface area contributed by atoms with Crippen LogP contribution in [0.25, 0.3) is 0 Å². The standard InChI is InChI=1S/C16H26N2O2/c1-15-5-2-3-6-16(15)20-12-4-7-17-8-9-18-10-13-19-14-11-18/h2-3,5-6,17H,4,7-14H2,1H3. The molecule has 1 heterocycles. The van der Waals surface area contributed by atoms with Crippen molar-refractivity contribution in [3.63, 3.8) is 0 Å². The Morgan fingerprint density at radius 2 is 2.00 bits per heavy atom. The molecule has 4 heteroatoms. The number of rotatable bonds is 8. The predicted molar refractivity (Wildman–Crippen MR) is 81.4 cm³/mol. The second-order valence-electron chi connectivity index (χ2n) is 5.17. The van der Waals surface area contributed by atoms with Crippen LogP contribution in [0.15, 0.2) is 24.3 Å². The molecule has 112 valence electrons. The average Bonchev–Trinajstić information content (AvgIpc) is 2.49. The van der Waals surface area contributed by atoms with Crippen molar-refractivity contribution in [3.05, 3.63) is 29.8 Å². The van der Waals surface area contributed by atoms with Gasteiger partial charge < -0.3 is 14.8 Å². The molecule has 0 aromatic heterocycles. The van der Waals surface area contributed by atoms with Crippen molar-refractivity contribution < 1.29 is 9.47 Å². The second-order valence-corrected chi connectivity index (χ2v) is 5.17. The van der Waals surface area contributed by atoms with Gasteiger partial charge in [-0.05, 0) is 31.5 Å². The van der Waals surface area contributed by atoms with Gasteiger partial charge in [0, 0.05) is 26.2 Å². The largest absolute Gasteiger partial charge is 0.493 e. The normalized spacial score (nSPS) is 16.2. The van der Waals surface area contributed by atoms with E-state index in [1.165, 1.54) is 5.56 Å². The van der Waals surface area contributed by atoms with Crippen LogP contribution in [-0.4, -0.2) is 57.4 Å². The van der Waals surface area contributed by atoms with E-state index in [1.54, 1.807) is 0 Å². The molecule has 1 fully saturated rings. The minimum atomic E-state index is 0.773. The number of para-hydroxylation sites is 1. The summed E-state index contributed by atoms with van der Waals surface area (Å²) in [5, 5.41) is 3.47. The maximum absolute atomic E-state index is 5.77. The van der Waals surface area contributed by atoms with E-state index < -0.39 is 0 Å². The molecule has 0 unspecified atom stereocenters. The number of benzene rings is 1. The Balaban J connectivity index is 1.46. The Kier molecular flexibility index (Phi) is 6.84. The molecule has 0 spiro atoms. The molecule has 20 heavy (non-hydrogen) atoms. The number of morpholine rings is 1. The van der Waals surface area contributed by atoms with Crippen LogP contribution in [0.2, 0.25) is 0 Å². The molecule has 2 rings (SSSR count). The zero-order valence-corrected chi connectivity index (χ0v) is 12.4. The number of nitrogens with zero attached hydrogens (tertiary/aromatic N) is 1. The Labute approximate surface area is 122 Å². The van der Waals surface area contributed by atoms with E-state index >= 15 is 0 Å². The van der Waals surface area contributed by atoms with E-state index in [1.807, 2.05) is 18.2 Å². The number of aryl methyl sites for hydroxylation is 1. The van der Waals surface area contributed by atoms with Crippen LogP contribution in [0, 0.1) is 6.92 Å². The van der Waals surface area contributed by atoms with Crippen LogP contribution in [0.4, 0.5) is 0 Å². The van der Waals surface area contributed by atoms with Gasteiger partial charge in [0.2, 0.25) is 0 Å². The summed E-state index contributed by atoms with van der Waals surface area (Å²) in [5.74, 6) is 1.00. The van der Waals surface area contributed by atoms with Gasteiger partial charge >= 0.3 is 0 Å². The highest BCUT2D eigenvalue weighted by atomic mass is 16.5. The predicted octanol–water partition coefficient (Wildman–Crippen LogP) is 1.69. The lowest BCUT2D eigenvalue weighted by atomic mass is 10.2. The molecule has 1 aromatic rings. The van der Waals surface area contributed by atoms with E-state index in [-0.39, 0.29) is 0 Å². The molecule has 0 saturated carbocycles. The third kappa shape index (κ3) is 5.49. The molecule has 1 aliphatic rings. The summed E-state index contributed by atoms with van der Waals surface area (Å²) >= 11 is 0. The molecule has 1 aromatic carbocycles. The number of hydrogen-bond donors (Lipinski definition) is 1. The fourth-order valence-corrected chi connectivity index (χ4v) is 2.28. The first-order valence-corrected chi connectivity index (χ1v) is 7.55. The van der Waals surface area contributed by atoms with E-state index in [2.05, 4.69) is 23.2 Å². The smallest absolute Gasteiger partial charge is 0.122 e. The van der Waals surface area contributed by atoms with Gasteiger partial charge in [-0.15, -0.1) is 0 Å². The number of ether oxygens (including phenoxy) is 2. The zero-order chi connectivity index (χ0) is 14.0. The first kappa shape index (κ1) is 15.3. The number of hydrogen-bond acceptors (Lipinski definition) is 4. The zero-order valence-electron chi connectivity index (χ0n) is 12.4. The third-order valence-corrected chi connectivity index (χ3v) is 3.56. The molecule has 0 amide bonds. The maximum atomic E-state index is 5.77. The van der Waals surface area contributed by atoms with Gasteiger partial charge in [-0.1, -0.05) is 18.2 Å². The maximum Gasteiger partial charge on any atom is 0.122 e. The third-order valence-electron chi connectivity index (χ3n) is 3.56. The minimum Gasteiger partial charge on any atom is -0.493 e. The van der Waals surface area contributed by atoms with Crippen molar-refractivity contribution in [2.75, 3.05) is 52.5 Å².